The largest absolute Gasteiger partial charge is 0.506 e. The molecule has 0 aliphatic rings. The normalized spacial score (nSPS) is 8.80. The summed E-state index contributed by atoms with van der Waals surface area (Å²) in [5, 5.41) is 25.3. The summed E-state index contributed by atoms with van der Waals surface area (Å²) in [6, 6.07) is 11.6. The predicted octanol–water partition coefficient (Wildman–Crippen LogP) is 3.15. The van der Waals surface area contributed by atoms with Gasteiger partial charge in [-0.05, 0) is 27.4 Å². The van der Waals surface area contributed by atoms with Gasteiger partial charge in [-0.15, -0.1) is 0 Å². The van der Waals surface area contributed by atoms with Gasteiger partial charge in [-0.3, -0.25) is 0 Å². The minimum Gasteiger partial charge on any atom is -0.506 e. The van der Waals surface area contributed by atoms with Gasteiger partial charge in [-0.25, -0.2) is 0 Å². The number of phenolic OH excluding ortho intramolecular Hbond substituents is 1. The summed E-state index contributed by atoms with van der Waals surface area (Å²) in [4.78, 5) is 0. The van der Waals surface area contributed by atoms with Crippen LogP contribution in [0.15, 0.2) is 40.9 Å². The fraction of sp³-hybridized carbons (Fsp3) is 0. The molecule has 2 aromatic carbocycles. The predicted molar refractivity (Wildman–Crippen MR) is 60.9 cm³/mol. The highest BCUT2D eigenvalue weighted by molar-refractivity contribution is 9.10. The summed E-state index contributed by atoms with van der Waals surface area (Å²) >= 11 is 3.27. The van der Waals surface area contributed by atoms with E-state index in [0.717, 1.165) is 21.5 Å². The summed E-state index contributed by atoms with van der Waals surface area (Å²) in [5.74, 6) is 0.313. The molecule has 0 aliphatic carbocycles. The van der Waals surface area contributed by atoms with E-state index >= 15 is 0 Å². The first-order valence-electron chi connectivity index (χ1n) is 4.10. The van der Waals surface area contributed by atoms with Gasteiger partial charge in [0.1, 0.15) is 5.75 Å². The van der Waals surface area contributed by atoms with Gasteiger partial charge in [0, 0.05) is 5.39 Å². The van der Waals surface area contributed by atoms with Crippen molar-refractivity contribution in [3.8, 4) is 12.0 Å². The highest BCUT2D eigenvalue weighted by Gasteiger charge is 2.01. The quantitative estimate of drug-likeness (QED) is 0.720. The number of fused-ring (bicyclic) bond motifs is 1. The van der Waals surface area contributed by atoms with E-state index in [9.17, 15) is 5.11 Å². The van der Waals surface area contributed by atoms with Gasteiger partial charge >= 0.3 is 0 Å². The van der Waals surface area contributed by atoms with Crippen molar-refractivity contribution in [2.75, 3.05) is 0 Å². The Bertz CT molecular complexity index is 505. The molecule has 0 saturated carbocycles. The van der Waals surface area contributed by atoms with E-state index in [-0.39, 0.29) is 0 Å². The smallest absolute Gasteiger partial charge is 0.283 e. The zero-order valence-electron chi connectivity index (χ0n) is 7.68. The molecule has 0 bridgehead atoms. The number of aliphatic hydroxyl groups is 1. The Hall–Kier alpha value is -1.73. The summed E-state index contributed by atoms with van der Waals surface area (Å²) in [6.45, 7) is 0. The van der Waals surface area contributed by atoms with Crippen molar-refractivity contribution in [2.24, 2.45) is 0 Å². The first-order chi connectivity index (χ1) is 7.20. The number of benzene rings is 2. The highest BCUT2D eigenvalue weighted by Crippen LogP contribution is 2.31. The minimum atomic E-state index is 0.313. The maximum absolute atomic E-state index is 9.61. The Morgan fingerprint density at radius 1 is 1.13 bits per heavy atom. The second kappa shape index (κ2) is 5.23. The topological polar surface area (TPSA) is 64.2 Å². The Balaban J connectivity index is 0.000000337. The molecule has 2 rings (SSSR count). The lowest BCUT2D eigenvalue weighted by Gasteiger charge is -2.01. The first kappa shape index (κ1) is 11.3. The maximum Gasteiger partial charge on any atom is 0.283 e. The lowest BCUT2D eigenvalue weighted by molar-refractivity contribution is 0.478. The van der Waals surface area contributed by atoms with E-state index in [1.807, 2.05) is 36.4 Å². The third kappa shape index (κ3) is 2.61. The van der Waals surface area contributed by atoms with Crippen LogP contribution in [0, 0.1) is 11.5 Å². The monoisotopic (exact) mass is 265 g/mol. The maximum atomic E-state index is 9.61. The second-order valence-electron chi connectivity index (χ2n) is 2.72. The van der Waals surface area contributed by atoms with Crippen LogP contribution in [0.4, 0.5) is 0 Å². The number of nitriles is 1. The van der Waals surface area contributed by atoms with Crippen LogP contribution in [0.25, 0.3) is 10.8 Å². The number of hydrogen-bond acceptors (Lipinski definition) is 3. The Kier molecular flexibility index (Phi) is 3.95. The van der Waals surface area contributed by atoms with Crippen LogP contribution in [0.5, 0.6) is 5.75 Å². The summed E-state index contributed by atoms with van der Waals surface area (Å²) in [5.41, 5.74) is 0. The molecule has 0 radical (unpaired) electrons. The van der Waals surface area contributed by atoms with Crippen LogP contribution in [-0.4, -0.2) is 10.2 Å². The summed E-state index contributed by atoms with van der Waals surface area (Å²) in [6.07, 6.45) is 0.750. The molecule has 0 heterocycles. The lowest BCUT2D eigenvalue weighted by atomic mass is 10.1. The van der Waals surface area contributed by atoms with Crippen molar-refractivity contribution in [3.05, 3.63) is 40.9 Å². The van der Waals surface area contributed by atoms with E-state index in [1.54, 1.807) is 0 Å². The Labute approximate surface area is 95.3 Å². The zero-order valence-corrected chi connectivity index (χ0v) is 9.27. The molecule has 15 heavy (non-hydrogen) atoms. The molecule has 2 aromatic rings. The van der Waals surface area contributed by atoms with Crippen LogP contribution in [0.2, 0.25) is 0 Å². The molecule has 0 fully saturated rings. The molecule has 2 N–H and O–H groups in total. The highest BCUT2D eigenvalue weighted by atomic mass is 79.9. The molecule has 0 aromatic heterocycles. The van der Waals surface area contributed by atoms with Gasteiger partial charge in [-0.1, -0.05) is 30.3 Å². The molecule has 3 nitrogen and oxygen atoms in total. The average Bonchev–Trinajstić information content (AvgIpc) is 2.25. The molecule has 76 valence electrons. The van der Waals surface area contributed by atoms with Crippen molar-refractivity contribution in [1.82, 2.24) is 0 Å². The number of phenols is 1. The van der Waals surface area contributed by atoms with Crippen molar-refractivity contribution < 1.29 is 10.2 Å². The molecule has 0 amide bonds. The molecular weight excluding hydrogens is 258 g/mol. The van der Waals surface area contributed by atoms with Crippen molar-refractivity contribution in [1.29, 1.82) is 5.26 Å². The van der Waals surface area contributed by atoms with Crippen LogP contribution >= 0.6 is 15.9 Å². The van der Waals surface area contributed by atoms with E-state index in [1.165, 1.54) is 0 Å². The molecule has 4 heteroatoms. The Morgan fingerprint density at radius 3 is 2.40 bits per heavy atom. The van der Waals surface area contributed by atoms with E-state index < -0.39 is 0 Å². The van der Waals surface area contributed by atoms with Gasteiger partial charge < -0.3 is 10.2 Å². The van der Waals surface area contributed by atoms with E-state index in [2.05, 4.69) is 15.9 Å². The molecule has 0 aliphatic heterocycles. The fourth-order valence-corrected chi connectivity index (χ4v) is 1.57. The average molecular weight is 266 g/mol. The lowest BCUT2D eigenvalue weighted by Crippen LogP contribution is -1.74. The second-order valence-corrected chi connectivity index (χ2v) is 3.57. The number of halogens is 1. The fourth-order valence-electron chi connectivity index (χ4n) is 1.23. The minimum absolute atomic E-state index is 0.313. The summed E-state index contributed by atoms with van der Waals surface area (Å²) in [7, 11) is 0. The zero-order chi connectivity index (χ0) is 11.3. The van der Waals surface area contributed by atoms with Crippen molar-refractivity contribution in [2.45, 2.75) is 0 Å². The van der Waals surface area contributed by atoms with Gasteiger partial charge in [0.15, 0.2) is 0 Å². The van der Waals surface area contributed by atoms with E-state index in [4.69, 9.17) is 10.4 Å². The Morgan fingerprint density at radius 2 is 1.73 bits per heavy atom. The van der Waals surface area contributed by atoms with Crippen molar-refractivity contribution in [3.63, 3.8) is 0 Å². The number of aliphatic hydroxyl groups excluding tert-OH is 1. The molecular formula is C11H8BrNO2. The van der Waals surface area contributed by atoms with Gasteiger partial charge in [0.2, 0.25) is 0 Å². The van der Waals surface area contributed by atoms with Crippen LogP contribution in [0.1, 0.15) is 0 Å². The number of nitrogens with zero attached hydrogens (tertiary/aromatic N) is 1. The van der Waals surface area contributed by atoms with Gasteiger partial charge in [0.05, 0.1) is 4.47 Å². The number of hydrogen-bond donors (Lipinski definition) is 2. The van der Waals surface area contributed by atoms with Gasteiger partial charge in [-0.2, -0.15) is 5.26 Å². The van der Waals surface area contributed by atoms with Crippen LogP contribution < -0.4 is 0 Å². The van der Waals surface area contributed by atoms with Crippen molar-refractivity contribution >= 4 is 26.7 Å². The summed E-state index contributed by atoms with van der Waals surface area (Å²) < 4.78 is 0.737. The number of rotatable bonds is 0. The standard InChI is InChI=1S/C10H7BrO.CHNO/c11-9-6-5-7-3-1-2-4-8(7)10(9)12;2-1-3/h1-6,12H;3H. The van der Waals surface area contributed by atoms with E-state index in [0.29, 0.717) is 5.75 Å². The SMILES string of the molecule is N#CO.Oc1c(Br)ccc2ccccc12. The molecule has 0 atom stereocenters. The molecule has 0 unspecified atom stereocenters. The molecule has 0 spiro atoms. The third-order valence-electron chi connectivity index (χ3n) is 1.85. The first-order valence-corrected chi connectivity index (χ1v) is 4.89. The van der Waals surface area contributed by atoms with Crippen LogP contribution in [-0.2, 0) is 0 Å². The molecule has 0 saturated heterocycles. The number of aromatic hydroxyl groups is 1. The third-order valence-corrected chi connectivity index (χ3v) is 2.49. The van der Waals surface area contributed by atoms with Gasteiger partial charge in [0.25, 0.3) is 6.26 Å². The van der Waals surface area contributed by atoms with Crippen LogP contribution in [0.3, 0.4) is 0 Å².